The van der Waals surface area contributed by atoms with Crippen LogP contribution in [0.25, 0.3) is 38.6 Å². The highest BCUT2D eigenvalue weighted by Crippen LogP contribution is 2.32. The highest BCUT2D eigenvalue weighted by molar-refractivity contribution is 7.20. The molecule has 0 spiro atoms. The highest BCUT2D eigenvalue weighted by Gasteiger charge is 2.45. The van der Waals surface area contributed by atoms with E-state index in [0.29, 0.717) is 0 Å². The molecule has 0 aliphatic heterocycles. The van der Waals surface area contributed by atoms with Gasteiger partial charge in [0.15, 0.2) is 0 Å². The predicted molar refractivity (Wildman–Crippen MR) is 185 cm³/mol. The van der Waals surface area contributed by atoms with Gasteiger partial charge in [0.1, 0.15) is 6.33 Å². The Morgan fingerprint density at radius 1 is 0.477 bits per heavy atom. The van der Waals surface area contributed by atoms with Crippen molar-refractivity contribution in [2.45, 2.75) is 0 Å². The molecule has 0 radical (unpaired) electrons. The maximum absolute atomic E-state index is 5.20. The first kappa shape index (κ1) is 26.1. The van der Waals surface area contributed by atoms with Crippen LogP contribution in [0, 0.1) is 0 Å². The maximum Gasteiger partial charge on any atom is 0.202 e. The molecule has 0 fully saturated rings. The van der Waals surface area contributed by atoms with E-state index in [2.05, 4.69) is 173 Å². The van der Waals surface area contributed by atoms with Crippen molar-refractivity contribution >= 4 is 50.8 Å². The van der Waals surface area contributed by atoms with E-state index in [1.54, 1.807) is 6.33 Å². The predicted octanol–water partition coefficient (Wildman–Crippen LogP) is 6.62. The van der Waals surface area contributed by atoms with Gasteiger partial charge in [-0.25, -0.2) is 9.97 Å². The Labute approximate surface area is 257 Å². The van der Waals surface area contributed by atoms with Crippen LogP contribution in [0.3, 0.4) is 0 Å². The summed E-state index contributed by atoms with van der Waals surface area (Å²) in [5.74, 6) is 0. The lowest BCUT2D eigenvalue weighted by atomic mass is 10.1. The summed E-state index contributed by atoms with van der Waals surface area (Å²) in [4.78, 5) is 9.75. The fourth-order valence-corrected chi connectivity index (χ4v) is 11.6. The van der Waals surface area contributed by atoms with Crippen LogP contribution in [-0.4, -0.2) is 22.6 Å². The van der Waals surface area contributed by atoms with Crippen molar-refractivity contribution in [3.63, 3.8) is 0 Å². The smallest absolute Gasteiger partial charge is 0.202 e. The van der Waals surface area contributed by atoms with Crippen molar-refractivity contribution in [1.29, 1.82) is 0 Å². The van der Waals surface area contributed by atoms with Gasteiger partial charge in [0.2, 0.25) is 8.07 Å². The lowest BCUT2D eigenvalue weighted by molar-refractivity contribution is 1.18. The third kappa shape index (κ3) is 4.11. The largest absolute Gasteiger partial charge is 0.309 e. The van der Waals surface area contributed by atoms with Gasteiger partial charge in [-0.1, -0.05) is 140 Å². The van der Waals surface area contributed by atoms with Crippen molar-refractivity contribution in [1.82, 2.24) is 14.5 Å². The molecular weight excluding hydrogens is 551 g/mol. The van der Waals surface area contributed by atoms with E-state index >= 15 is 0 Å². The summed E-state index contributed by atoms with van der Waals surface area (Å²) >= 11 is 0. The number of para-hydroxylation sites is 2. The monoisotopic (exact) mass is 579 g/mol. The van der Waals surface area contributed by atoms with Crippen LogP contribution in [0.5, 0.6) is 0 Å². The minimum atomic E-state index is -2.96. The first-order chi connectivity index (χ1) is 21.9. The molecule has 0 unspecified atom stereocenters. The van der Waals surface area contributed by atoms with Crippen LogP contribution < -0.4 is 20.9 Å². The van der Waals surface area contributed by atoms with E-state index in [0.717, 1.165) is 22.1 Å². The van der Waals surface area contributed by atoms with Crippen LogP contribution >= 0.6 is 0 Å². The van der Waals surface area contributed by atoms with Crippen molar-refractivity contribution < 1.29 is 0 Å². The number of fused-ring (bicyclic) bond motifs is 3. The van der Waals surface area contributed by atoms with Gasteiger partial charge in [0.05, 0.1) is 16.4 Å². The third-order valence-electron chi connectivity index (χ3n) is 8.69. The second kappa shape index (κ2) is 10.9. The first-order valence-corrected chi connectivity index (χ1v) is 16.9. The summed E-state index contributed by atoms with van der Waals surface area (Å²) in [7, 11) is -2.96. The zero-order valence-electron chi connectivity index (χ0n) is 24.1. The molecule has 3 nitrogen and oxygen atoms in total. The van der Waals surface area contributed by atoms with Crippen LogP contribution in [0.4, 0.5) is 0 Å². The van der Waals surface area contributed by atoms with Crippen molar-refractivity contribution in [3.8, 4) is 16.8 Å². The Balaban J connectivity index is 1.52. The molecule has 0 amide bonds. The maximum atomic E-state index is 5.20. The lowest BCUT2D eigenvalue weighted by Crippen LogP contribution is -2.75. The molecule has 0 bridgehead atoms. The van der Waals surface area contributed by atoms with Crippen LogP contribution in [0.1, 0.15) is 0 Å². The number of benzene rings is 6. The van der Waals surface area contributed by atoms with Crippen molar-refractivity contribution in [2.75, 3.05) is 0 Å². The average molecular weight is 580 g/mol. The van der Waals surface area contributed by atoms with Gasteiger partial charge in [-0.15, -0.1) is 0 Å². The number of hydrogen-bond donors (Lipinski definition) is 0. The lowest BCUT2D eigenvalue weighted by Gasteiger charge is -2.34. The van der Waals surface area contributed by atoms with Gasteiger partial charge >= 0.3 is 0 Å². The molecule has 44 heavy (non-hydrogen) atoms. The second-order valence-corrected chi connectivity index (χ2v) is 14.8. The molecule has 0 aliphatic rings. The Hall–Kier alpha value is -5.58. The molecule has 2 aromatic heterocycles. The van der Waals surface area contributed by atoms with E-state index in [4.69, 9.17) is 4.98 Å². The molecule has 0 N–H and O–H groups in total. The van der Waals surface area contributed by atoms with Gasteiger partial charge in [0.25, 0.3) is 0 Å². The van der Waals surface area contributed by atoms with Crippen LogP contribution in [0.15, 0.2) is 176 Å². The summed E-state index contributed by atoms with van der Waals surface area (Å²) in [6, 6.07) is 59.0. The second-order valence-electron chi connectivity index (χ2n) is 11.1. The van der Waals surface area contributed by atoms with Crippen molar-refractivity contribution in [3.05, 3.63) is 176 Å². The molecule has 2 heterocycles. The fourth-order valence-electron chi connectivity index (χ4n) is 6.81. The average Bonchev–Trinajstić information content (AvgIpc) is 3.44. The standard InChI is InChI=1S/C40H29N3Si/c1-5-15-30(16-6-1)37-28-41-29-42-40(37)44(32-19-9-3-10-20-32,33-21-11-4-12-22-33)34-25-26-39-36(27-34)35-23-13-14-24-38(35)43(39)31-17-7-2-8-18-31/h1-29H. The fraction of sp³-hybridized carbons (Fsp3) is 0. The number of aromatic nitrogens is 3. The number of hydrogen-bond acceptors (Lipinski definition) is 2. The molecular formula is C40H29N3Si. The topological polar surface area (TPSA) is 30.7 Å². The minimum absolute atomic E-state index is 1.07. The molecule has 0 atom stereocenters. The summed E-state index contributed by atoms with van der Waals surface area (Å²) in [6.45, 7) is 0. The van der Waals surface area contributed by atoms with E-state index in [1.165, 1.54) is 37.4 Å². The SMILES string of the molecule is c1ccc(-c2cncnc2[Si](c2ccccc2)(c2ccccc2)c2ccc3c(c2)c2ccccc2n3-c2ccccc2)cc1. The number of rotatable bonds is 6. The van der Waals surface area contributed by atoms with Gasteiger partial charge < -0.3 is 4.57 Å². The molecule has 6 aromatic carbocycles. The Morgan fingerprint density at radius 2 is 1.05 bits per heavy atom. The van der Waals surface area contributed by atoms with Gasteiger partial charge in [0, 0.05) is 28.2 Å². The first-order valence-electron chi connectivity index (χ1n) is 14.9. The Morgan fingerprint density at radius 3 is 1.73 bits per heavy atom. The normalized spacial score (nSPS) is 11.6. The Kier molecular flexibility index (Phi) is 6.47. The summed E-state index contributed by atoms with van der Waals surface area (Å²) in [5, 5.41) is 7.42. The third-order valence-corrected chi connectivity index (χ3v) is 13.4. The molecule has 4 heteroatoms. The van der Waals surface area contributed by atoms with Gasteiger partial charge in [-0.3, -0.25) is 0 Å². The number of nitrogens with zero attached hydrogens (tertiary/aromatic N) is 3. The molecule has 8 rings (SSSR count). The molecule has 8 aromatic rings. The quantitative estimate of drug-likeness (QED) is 0.164. The molecule has 0 saturated carbocycles. The van der Waals surface area contributed by atoms with E-state index in [9.17, 15) is 0 Å². The summed E-state index contributed by atoms with van der Waals surface area (Å²) < 4.78 is 2.38. The highest BCUT2D eigenvalue weighted by atomic mass is 28.3. The van der Waals surface area contributed by atoms with Crippen LogP contribution in [-0.2, 0) is 0 Å². The molecule has 0 aliphatic carbocycles. The van der Waals surface area contributed by atoms with Crippen LogP contribution in [0.2, 0.25) is 0 Å². The molecule has 0 saturated heterocycles. The van der Waals surface area contributed by atoms with E-state index in [-0.39, 0.29) is 0 Å². The van der Waals surface area contributed by atoms with Crippen molar-refractivity contribution in [2.24, 2.45) is 0 Å². The van der Waals surface area contributed by atoms with Gasteiger partial charge in [-0.05, 0) is 45.4 Å². The minimum Gasteiger partial charge on any atom is -0.309 e. The zero-order chi connectivity index (χ0) is 29.3. The Bertz CT molecular complexity index is 2170. The molecule has 208 valence electrons. The summed E-state index contributed by atoms with van der Waals surface area (Å²) in [5.41, 5.74) is 5.73. The summed E-state index contributed by atoms with van der Waals surface area (Å²) in [6.07, 6.45) is 3.71. The van der Waals surface area contributed by atoms with E-state index < -0.39 is 8.07 Å². The van der Waals surface area contributed by atoms with Gasteiger partial charge in [-0.2, -0.15) is 0 Å². The van der Waals surface area contributed by atoms with E-state index in [1.807, 2.05) is 6.20 Å². The zero-order valence-corrected chi connectivity index (χ0v) is 25.1.